The normalized spacial score (nSPS) is 10.2. The molecule has 1 aromatic carbocycles. The summed E-state index contributed by atoms with van der Waals surface area (Å²) in [6.45, 7) is 6.10. The Balaban J connectivity index is 3.66. The van der Waals surface area contributed by atoms with Crippen molar-refractivity contribution < 1.29 is 4.79 Å². The molecule has 0 saturated heterocycles. The molecule has 3 heteroatoms. The number of halogens is 2. The lowest BCUT2D eigenvalue weighted by Gasteiger charge is -2.12. The summed E-state index contributed by atoms with van der Waals surface area (Å²) in [5.41, 5.74) is 4.33. The van der Waals surface area contributed by atoms with Gasteiger partial charge in [-0.05, 0) is 82.6 Å². The second kappa shape index (κ2) is 4.25. The minimum atomic E-state index is 0.847. The zero-order chi connectivity index (χ0) is 10.2. The monoisotopic (exact) mass is 400 g/mol. The molecular formula is C10H10I2O. The summed E-state index contributed by atoms with van der Waals surface area (Å²) in [5, 5.41) is 0. The molecule has 0 saturated carbocycles. The van der Waals surface area contributed by atoms with Crippen LogP contribution < -0.4 is 0 Å². The predicted molar refractivity (Wildman–Crippen MR) is 71.5 cm³/mol. The van der Waals surface area contributed by atoms with Crippen molar-refractivity contribution in [3.05, 3.63) is 29.4 Å². The number of carbonyl (C=O) groups is 1. The van der Waals surface area contributed by atoms with Gasteiger partial charge in [-0.1, -0.05) is 0 Å². The van der Waals surface area contributed by atoms with Crippen LogP contribution in [0.5, 0.6) is 0 Å². The Morgan fingerprint density at radius 2 is 1.31 bits per heavy atom. The smallest absolute Gasteiger partial charge is 0.150 e. The van der Waals surface area contributed by atoms with Gasteiger partial charge in [-0.3, -0.25) is 4.79 Å². The van der Waals surface area contributed by atoms with Gasteiger partial charge >= 0.3 is 0 Å². The number of carbonyl (C=O) groups excluding carboxylic acids is 1. The van der Waals surface area contributed by atoms with Gasteiger partial charge in [-0.2, -0.15) is 0 Å². The van der Waals surface area contributed by atoms with Crippen molar-refractivity contribution in [1.82, 2.24) is 0 Å². The summed E-state index contributed by atoms with van der Waals surface area (Å²) >= 11 is 4.59. The number of aldehydes is 1. The Morgan fingerprint density at radius 1 is 0.923 bits per heavy atom. The molecule has 0 fully saturated rings. The first-order valence-corrected chi connectivity index (χ1v) is 6.06. The van der Waals surface area contributed by atoms with Crippen LogP contribution in [0.3, 0.4) is 0 Å². The van der Waals surface area contributed by atoms with Crippen LogP contribution >= 0.6 is 45.2 Å². The number of benzene rings is 1. The van der Waals surface area contributed by atoms with E-state index in [1.807, 2.05) is 13.8 Å². The van der Waals surface area contributed by atoms with Crippen LogP contribution in [-0.4, -0.2) is 6.29 Å². The first-order valence-electron chi connectivity index (χ1n) is 3.90. The number of rotatable bonds is 1. The van der Waals surface area contributed by atoms with Crippen molar-refractivity contribution in [2.75, 3.05) is 0 Å². The Bertz CT molecular complexity index is 341. The first kappa shape index (κ1) is 11.4. The van der Waals surface area contributed by atoms with Gasteiger partial charge in [0, 0.05) is 12.7 Å². The Morgan fingerprint density at radius 3 is 1.62 bits per heavy atom. The van der Waals surface area contributed by atoms with Gasteiger partial charge in [0.1, 0.15) is 0 Å². The van der Waals surface area contributed by atoms with Crippen molar-refractivity contribution in [3.8, 4) is 0 Å². The third kappa shape index (κ3) is 1.91. The van der Waals surface area contributed by atoms with Crippen LogP contribution in [0.1, 0.15) is 27.0 Å². The largest absolute Gasteiger partial charge is 0.298 e. The van der Waals surface area contributed by atoms with Crippen molar-refractivity contribution in [1.29, 1.82) is 0 Å². The van der Waals surface area contributed by atoms with Gasteiger partial charge in [0.15, 0.2) is 6.29 Å². The van der Waals surface area contributed by atoms with Crippen LogP contribution in [0.4, 0.5) is 0 Å². The fourth-order valence-corrected chi connectivity index (χ4v) is 2.99. The van der Waals surface area contributed by atoms with E-state index in [-0.39, 0.29) is 0 Å². The molecule has 1 aromatic rings. The molecule has 0 aliphatic heterocycles. The first-order chi connectivity index (χ1) is 6.00. The SMILES string of the molecule is Cc1c(I)c(C)c(C=O)c(C)c1I. The molecule has 0 bridgehead atoms. The molecule has 0 atom stereocenters. The summed E-state index contributed by atoms with van der Waals surface area (Å²) in [5.74, 6) is 0. The maximum Gasteiger partial charge on any atom is 0.150 e. The maximum atomic E-state index is 10.9. The zero-order valence-electron chi connectivity index (χ0n) is 7.74. The Labute approximate surface area is 106 Å². The van der Waals surface area contributed by atoms with E-state index < -0.39 is 0 Å². The van der Waals surface area contributed by atoms with Crippen LogP contribution in [0.25, 0.3) is 0 Å². The van der Waals surface area contributed by atoms with Crippen LogP contribution in [0.15, 0.2) is 0 Å². The van der Waals surface area contributed by atoms with E-state index in [1.54, 1.807) is 0 Å². The summed E-state index contributed by atoms with van der Waals surface area (Å²) < 4.78 is 2.41. The van der Waals surface area contributed by atoms with E-state index in [1.165, 1.54) is 12.7 Å². The third-order valence-electron chi connectivity index (χ3n) is 2.24. The molecule has 1 rings (SSSR count). The third-order valence-corrected chi connectivity index (χ3v) is 5.48. The zero-order valence-corrected chi connectivity index (χ0v) is 12.1. The molecule has 0 spiro atoms. The van der Waals surface area contributed by atoms with Gasteiger partial charge < -0.3 is 0 Å². The van der Waals surface area contributed by atoms with E-state index in [0.717, 1.165) is 23.0 Å². The maximum absolute atomic E-state index is 10.9. The van der Waals surface area contributed by atoms with Crippen molar-refractivity contribution in [2.24, 2.45) is 0 Å². The van der Waals surface area contributed by atoms with Crippen LogP contribution in [-0.2, 0) is 0 Å². The molecule has 1 nitrogen and oxygen atoms in total. The lowest BCUT2D eigenvalue weighted by atomic mass is 10.0. The van der Waals surface area contributed by atoms with E-state index in [4.69, 9.17) is 0 Å². The lowest BCUT2D eigenvalue weighted by molar-refractivity contribution is 0.112. The van der Waals surface area contributed by atoms with Crippen molar-refractivity contribution >= 4 is 51.5 Å². The average molecular weight is 400 g/mol. The molecular weight excluding hydrogens is 390 g/mol. The highest BCUT2D eigenvalue weighted by Gasteiger charge is 2.12. The minimum absolute atomic E-state index is 0.847. The second-order valence-electron chi connectivity index (χ2n) is 3.03. The number of hydrogen-bond donors (Lipinski definition) is 0. The highest BCUT2D eigenvalue weighted by molar-refractivity contribution is 14.1. The van der Waals surface area contributed by atoms with E-state index in [9.17, 15) is 4.79 Å². The van der Waals surface area contributed by atoms with Gasteiger partial charge in [0.25, 0.3) is 0 Å². The predicted octanol–water partition coefficient (Wildman–Crippen LogP) is 3.63. The van der Waals surface area contributed by atoms with Gasteiger partial charge in [-0.15, -0.1) is 0 Å². The molecule has 0 aromatic heterocycles. The van der Waals surface area contributed by atoms with Gasteiger partial charge in [0.05, 0.1) is 0 Å². The fraction of sp³-hybridized carbons (Fsp3) is 0.300. The average Bonchev–Trinajstić information content (AvgIpc) is 2.13. The molecule has 0 radical (unpaired) electrons. The van der Waals surface area contributed by atoms with E-state index in [0.29, 0.717) is 0 Å². The minimum Gasteiger partial charge on any atom is -0.298 e. The standard InChI is InChI=1S/C10H10I2O/c1-5-8(4-13)6(2)10(12)7(3)9(5)11/h4H,1-3H3. The highest BCUT2D eigenvalue weighted by atomic mass is 127. The molecule has 70 valence electrons. The Hall–Kier alpha value is 0.350. The van der Waals surface area contributed by atoms with Crippen LogP contribution in [0.2, 0.25) is 0 Å². The van der Waals surface area contributed by atoms with E-state index >= 15 is 0 Å². The second-order valence-corrected chi connectivity index (χ2v) is 5.19. The molecule has 0 amide bonds. The summed E-state index contributed by atoms with van der Waals surface area (Å²) in [6, 6.07) is 0. The Kier molecular flexibility index (Phi) is 3.73. The van der Waals surface area contributed by atoms with Crippen LogP contribution in [0, 0.1) is 27.9 Å². The molecule has 13 heavy (non-hydrogen) atoms. The summed E-state index contributed by atoms with van der Waals surface area (Å²) in [6.07, 6.45) is 0.953. The molecule has 0 unspecified atom stereocenters. The lowest BCUT2D eigenvalue weighted by Crippen LogP contribution is -2.01. The fourth-order valence-electron chi connectivity index (χ4n) is 1.35. The molecule has 0 aliphatic carbocycles. The van der Waals surface area contributed by atoms with Gasteiger partial charge in [-0.25, -0.2) is 0 Å². The quantitative estimate of drug-likeness (QED) is 0.520. The molecule has 0 heterocycles. The van der Waals surface area contributed by atoms with Crippen molar-refractivity contribution in [3.63, 3.8) is 0 Å². The summed E-state index contributed by atoms with van der Waals surface area (Å²) in [4.78, 5) is 10.9. The van der Waals surface area contributed by atoms with Gasteiger partial charge in [0.2, 0.25) is 0 Å². The summed E-state index contributed by atoms with van der Waals surface area (Å²) in [7, 11) is 0. The van der Waals surface area contributed by atoms with Crippen molar-refractivity contribution in [2.45, 2.75) is 20.8 Å². The topological polar surface area (TPSA) is 17.1 Å². The molecule has 0 N–H and O–H groups in total. The number of hydrogen-bond acceptors (Lipinski definition) is 1. The van der Waals surface area contributed by atoms with E-state index in [2.05, 4.69) is 52.1 Å². The molecule has 0 aliphatic rings. The highest BCUT2D eigenvalue weighted by Crippen LogP contribution is 2.28.